The Morgan fingerprint density at radius 2 is 1.71 bits per heavy atom. The number of nitrogens with zero attached hydrogens (tertiary/aromatic N) is 2. The Bertz CT molecular complexity index is 853. The number of hydroxylamine groups is 1. The lowest BCUT2D eigenvalue weighted by Crippen LogP contribution is -2.37. The number of hydrogen-bond acceptors (Lipinski definition) is 5. The van der Waals surface area contributed by atoms with Crippen LogP contribution < -0.4 is 9.80 Å². The van der Waals surface area contributed by atoms with Gasteiger partial charge in [-0.1, -0.05) is 43.7 Å². The molecule has 4 rings (SSSR count). The van der Waals surface area contributed by atoms with Crippen LogP contribution in [0.25, 0.3) is 0 Å². The van der Waals surface area contributed by atoms with Crippen LogP contribution in [0.5, 0.6) is 5.75 Å². The molecule has 0 aromatic heterocycles. The summed E-state index contributed by atoms with van der Waals surface area (Å²) in [6.45, 7) is 2.49. The van der Waals surface area contributed by atoms with E-state index in [9.17, 15) is 9.59 Å². The highest BCUT2D eigenvalue weighted by Gasteiger charge is 2.59. The molecule has 2 saturated heterocycles. The van der Waals surface area contributed by atoms with Gasteiger partial charge < -0.3 is 4.74 Å². The van der Waals surface area contributed by atoms with Gasteiger partial charge in [-0.3, -0.25) is 19.3 Å². The Morgan fingerprint density at radius 3 is 2.36 bits per heavy atom. The summed E-state index contributed by atoms with van der Waals surface area (Å²) in [5.41, 5.74) is 1.73. The van der Waals surface area contributed by atoms with Crippen molar-refractivity contribution in [1.29, 1.82) is 0 Å². The van der Waals surface area contributed by atoms with Gasteiger partial charge in [0.1, 0.15) is 11.7 Å². The highest BCUT2D eigenvalue weighted by molar-refractivity contribution is 6.07. The third-order valence-corrected chi connectivity index (χ3v) is 5.41. The van der Waals surface area contributed by atoms with Crippen LogP contribution in [-0.2, 0) is 14.4 Å². The molecule has 2 aromatic rings. The lowest BCUT2D eigenvalue weighted by molar-refractivity contribution is -0.143. The van der Waals surface area contributed by atoms with E-state index in [2.05, 4.69) is 0 Å². The van der Waals surface area contributed by atoms with Gasteiger partial charge in [-0.2, -0.15) is 0 Å². The molecular formula is C22H24N2O4. The van der Waals surface area contributed by atoms with E-state index in [-0.39, 0.29) is 17.9 Å². The van der Waals surface area contributed by atoms with Gasteiger partial charge in [0.15, 0.2) is 6.10 Å². The molecule has 2 heterocycles. The zero-order chi connectivity index (χ0) is 19.7. The number of methoxy groups -OCH3 is 1. The average molecular weight is 380 g/mol. The van der Waals surface area contributed by atoms with Gasteiger partial charge in [0, 0.05) is 6.54 Å². The Hall–Kier alpha value is -2.86. The fraction of sp³-hybridized carbons (Fsp3) is 0.364. The largest absolute Gasteiger partial charge is 0.497 e. The van der Waals surface area contributed by atoms with E-state index >= 15 is 0 Å². The van der Waals surface area contributed by atoms with Crippen molar-refractivity contribution in [3.8, 4) is 5.75 Å². The van der Waals surface area contributed by atoms with Gasteiger partial charge in [0.25, 0.3) is 5.91 Å². The molecule has 0 bridgehead atoms. The van der Waals surface area contributed by atoms with Crippen molar-refractivity contribution in [1.82, 2.24) is 4.90 Å². The second kappa shape index (κ2) is 7.64. The molecule has 0 spiro atoms. The molecule has 0 unspecified atom stereocenters. The number of anilines is 1. The van der Waals surface area contributed by atoms with E-state index < -0.39 is 12.0 Å². The maximum absolute atomic E-state index is 13.2. The van der Waals surface area contributed by atoms with Gasteiger partial charge >= 0.3 is 0 Å². The number of amides is 2. The van der Waals surface area contributed by atoms with Crippen molar-refractivity contribution in [2.24, 2.45) is 5.92 Å². The van der Waals surface area contributed by atoms with Gasteiger partial charge in [0.2, 0.25) is 5.91 Å². The Labute approximate surface area is 164 Å². The molecule has 6 heteroatoms. The second-order valence-electron chi connectivity index (χ2n) is 7.11. The van der Waals surface area contributed by atoms with Crippen molar-refractivity contribution in [2.75, 3.05) is 18.7 Å². The minimum absolute atomic E-state index is 0.150. The predicted molar refractivity (Wildman–Crippen MR) is 105 cm³/mol. The predicted octanol–water partition coefficient (Wildman–Crippen LogP) is 3.34. The lowest BCUT2D eigenvalue weighted by Gasteiger charge is -2.28. The standard InChI is InChI=1S/C22H24N2O4/c1-3-4-14-23-21(25)18-19(15-10-12-17(27-2)13-11-15)24(28-20(18)22(23)26)16-8-6-5-7-9-16/h5-13,18-20H,3-4,14H2,1-2H3/t18-,19-,20-/m0/s1. The number of carbonyl (C=O) groups excluding carboxylic acids is 2. The van der Waals surface area contributed by atoms with E-state index in [4.69, 9.17) is 9.57 Å². The first-order valence-corrected chi connectivity index (χ1v) is 9.66. The quantitative estimate of drug-likeness (QED) is 0.720. The topological polar surface area (TPSA) is 59.1 Å². The third-order valence-electron chi connectivity index (χ3n) is 5.41. The maximum Gasteiger partial charge on any atom is 0.261 e. The van der Waals surface area contributed by atoms with Crippen LogP contribution in [0.15, 0.2) is 54.6 Å². The van der Waals surface area contributed by atoms with E-state index in [0.717, 1.165) is 29.8 Å². The number of ether oxygens (including phenoxy) is 1. The van der Waals surface area contributed by atoms with Crippen LogP contribution in [0.4, 0.5) is 5.69 Å². The first kappa shape index (κ1) is 18.5. The molecule has 2 aliphatic rings. The SMILES string of the molecule is CCCCN1C(=O)[C@@H]2[C@H](ON(c3ccccc3)[C@H]2c2ccc(OC)cc2)C1=O. The average Bonchev–Trinajstić information content (AvgIpc) is 3.24. The van der Waals surface area contributed by atoms with Crippen molar-refractivity contribution in [3.63, 3.8) is 0 Å². The highest BCUT2D eigenvalue weighted by Crippen LogP contribution is 2.46. The van der Waals surface area contributed by atoms with Crippen LogP contribution in [0.2, 0.25) is 0 Å². The summed E-state index contributed by atoms with van der Waals surface area (Å²) in [6, 6.07) is 16.8. The summed E-state index contributed by atoms with van der Waals surface area (Å²) in [6.07, 6.45) is 0.939. The molecule has 0 radical (unpaired) electrons. The molecular weight excluding hydrogens is 356 g/mol. The molecule has 0 saturated carbocycles. The van der Waals surface area contributed by atoms with Crippen molar-refractivity contribution < 1.29 is 19.2 Å². The first-order valence-electron chi connectivity index (χ1n) is 9.66. The van der Waals surface area contributed by atoms with E-state index in [0.29, 0.717) is 6.54 Å². The lowest BCUT2D eigenvalue weighted by atomic mass is 9.90. The maximum atomic E-state index is 13.2. The number of para-hydroxylation sites is 1. The van der Waals surface area contributed by atoms with E-state index in [1.165, 1.54) is 4.90 Å². The van der Waals surface area contributed by atoms with Gasteiger partial charge in [-0.05, 0) is 36.2 Å². The van der Waals surface area contributed by atoms with Crippen LogP contribution >= 0.6 is 0 Å². The molecule has 2 fully saturated rings. The monoisotopic (exact) mass is 380 g/mol. The highest BCUT2D eigenvalue weighted by atomic mass is 16.7. The summed E-state index contributed by atoms with van der Waals surface area (Å²) in [5.74, 6) is -0.204. The Balaban J connectivity index is 1.72. The molecule has 3 atom stereocenters. The molecule has 2 aliphatic heterocycles. The van der Waals surface area contributed by atoms with Gasteiger partial charge in [0.05, 0.1) is 18.8 Å². The summed E-state index contributed by atoms with van der Waals surface area (Å²) in [5, 5.41) is 1.71. The summed E-state index contributed by atoms with van der Waals surface area (Å²) >= 11 is 0. The van der Waals surface area contributed by atoms with E-state index in [1.54, 1.807) is 12.2 Å². The van der Waals surface area contributed by atoms with Gasteiger partial charge in [-0.25, -0.2) is 5.06 Å². The second-order valence-corrected chi connectivity index (χ2v) is 7.11. The van der Waals surface area contributed by atoms with Crippen LogP contribution in [-0.4, -0.2) is 36.5 Å². The number of fused-ring (bicyclic) bond motifs is 1. The van der Waals surface area contributed by atoms with Gasteiger partial charge in [-0.15, -0.1) is 0 Å². The number of benzene rings is 2. The van der Waals surface area contributed by atoms with Crippen LogP contribution in [0.3, 0.4) is 0 Å². The normalized spacial score (nSPS) is 24.0. The fourth-order valence-corrected chi connectivity index (χ4v) is 3.95. The Morgan fingerprint density at radius 1 is 1.00 bits per heavy atom. The molecule has 0 aliphatic carbocycles. The molecule has 2 amide bonds. The summed E-state index contributed by atoms with van der Waals surface area (Å²) in [4.78, 5) is 33.5. The molecule has 6 nitrogen and oxygen atoms in total. The third kappa shape index (κ3) is 3.03. The molecule has 2 aromatic carbocycles. The zero-order valence-corrected chi connectivity index (χ0v) is 16.1. The van der Waals surface area contributed by atoms with Crippen molar-refractivity contribution >= 4 is 17.5 Å². The van der Waals surface area contributed by atoms with Crippen LogP contribution in [0.1, 0.15) is 31.4 Å². The fourth-order valence-electron chi connectivity index (χ4n) is 3.95. The molecule has 0 N–H and O–H groups in total. The number of hydrogen-bond donors (Lipinski definition) is 0. The summed E-state index contributed by atoms with van der Waals surface area (Å²) < 4.78 is 5.26. The number of rotatable bonds is 6. The van der Waals surface area contributed by atoms with Crippen molar-refractivity contribution in [2.45, 2.75) is 31.9 Å². The zero-order valence-electron chi connectivity index (χ0n) is 16.1. The Kier molecular flexibility index (Phi) is 5.05. The smallest absolute Gasteiger partial charge is 0.261 e. The minimum Gasteiger partial charge on any atom is -0.497 e. The van der Waals surface area contributed by atoms with Crippen molar-refractivity contribution in [3.05, 3.63) is 60.2 Å². The molecule has 146 valence electrons. The number of unbranched alkanes of at least 4 members (excludes halogenated alkanes) is 1. The molecule has 28 heavy (non-hydrogen) atoms. The number of imide groups is 1. The van der Waals surface area contributed by atoms with E-state index in [1.807, 2.05) is 61.5 Å². The first-order chi connectivity index (χ1) is 13.7. The summed E-state index contributed by atoms with van der Waals surface area (Å²) in [7, 11) is 1.62. The number of carbonyl (C=O) groups is 2. The van der Waals surface area contributed by atoms with Crippen LogP contribution in [0, 0.1) is 5.92 Å². The number of likely N-dealkylation sites (tertiary alicyclic amines) is 1. The minimum atomic E-state index is -0.781.